The summed E-state index contributed by atoms with van der Waals surface area (Å²) < 4.78 is 0. The Morgan fingerprint density at radius 3 is 2.77 bits per heavy atom. The molecular formula is C14H14ClN5OS. The van der Waals surface area contributed by atoms with Crippen molar-refractivity contribution in [1.29, 1.82) is 0 Å². The van der Waals surface area contributed by atoms with Gasteiger partial charge in [0.25, 0.3) is 5.91 Å². The summed E-state index contributed by atoms with van der Waals surface area (Å²) in [6.07, 6.45) is 1.64. The van der Waals surface area contributed by atoms with E-state index in [9.17, 15) is 4.79 Å². The summed E-state index contributed by atoms with van der Waals surface area (Å²) in [6, 6.07) is 3.48. The molecule has 6 nitrogen and oxygen atoms in total. The lowest BCUT2D eigenvalue weighted by atomic mass is 9.98. The third kappa shape index (κ3) is 2.69. The Morgan fingerprint density at radius 1 is 1.32 bits per heavy atom. The predicted octanol–water partition coefficient (Wildman–Crippen LogP) is 3.62. The number of benzene rings is 1. The van der Waals surface area contributed by atoms with Gasteiger partial charge in [-0.25, -0.2) is 0 Å². The van der Waals surface area contributed by atoms with Crippen LogP contribution in [0.5, 0.6) is 0 Å². The van der Waals surface area contributed by atoms with E-state index in [0.717, 1.165) is 10.4 Å². The average Bonchev–Trinajstić information content (AvgIpc) is 3.05. The molecule has 0 aliphatic heterocycles. The van der Waals surface area contributed by atoms with Gasteiger partial charge < -0.3 is 0 Å². The molecular weight excluding hydrogens is 322 g/mol. The zero-order valence-corrected chi connectivity index (χ0v) is 13.8. The SMILES string of the molecule is CC(C)(C)c1nnc(NC(=O)c2c(Cl)ccc3cn[nH]c23)s1. The molecule has 1 aromatic carbocycles. The molecule has 3 rings (SSSR count). The van der Waals surface area contributed by atoms with E-state index >= 15 is 0 Å². The number of halogens is 1. The number of rotatable bonds is 2. The maximum absolute atomic E-state index is 12.5. The number of carbonyl (C=O) groups is 1. The molecule has 1 amide bonds. The van der Waals surface area contributed by atoms with Crippen molar-refractivity contribution in [3.05, 3.63) is 33.9 Å². The Balaban J connectivity index is 1.92. The number of hydrogen-bond acceptors (Lipinski definition) is 5. The van der Waals surface area contributed by atoms with Crippen LogP contribution in [-0.4, -0.2) is 26.3 Å². The second-order valence-corrected chi connectivity index (χ2v) is 7.26. The molecule has 0 atom stereocenters. The summed E-state index contributed by atoms with van der Waals surface area (Å²) in [7, 11) is 0. The molecule has 0 aliphatic carbocycles. The fourth-order valence-electron chi connectivity index (χ4n) is 1.95. The number of carbonyl (C=O) groups excluding carboxylic acids is 1. The molecule has 0 radical (unpaired) electrons. The zero-order chi connectivity index (χ0) is 15.9. The summed E-state index contributed by atoms with van der Waals surface area (Å²) in [5.41, 5.74) is 0.844. The zero-order valence-electron chi connectivity index (χ0n) is 12.3. The number of aromatic nitrogens is 4. The van der Waals surface area contributed by atoms with Crippen molar-refractivity contribution < 1.29 is 4.79 Å². The lowest BCUT2D eigenvalue weighted by Crippen LogP contribution is -2.13. The van der Waals surface area contributed by atoms with Gasteiger partial charge in [-0.15, -0.1) is 10.2 Å². The van der Waals surface area contributed by atoms with E-state index in [1.165, 1.54) is 11.3 Å². The molecule has 2 heterocycles. The number of anilines is 1. The van der Waals surface area contributed by atoms with Gasteiger partial charge in [-0.3, -0.25) is 15.2 Å². The van der Waals surface area contributed by atoms with Crippen molar-refractivity contribution in [3.63, 3.8) is 0 Å². The summed E-state index contributed by atoms with van der Waals surface area (Å²) in [4.78, 5) is 12.5. The van der Waals surface area contributed by atoms with Crippen molar-refractivity contribution in [3.8, 4) is 0 Å². The highest BCUT2D eigenvalue weighted by Crippen LogP contribution is 2.29. The molecule has 22 heavy (non-hydrogen) atoms. The standard InChI is InChI=1S/C14H14ClN5OS/c1-14(2,3)12-19-20-13(22-12)17-11(21)9-8(15)5-4-7-6-16-18-10(7)9/h4-6H,1-3H3,(H,16,18)(H,17,20,21). The lowest BCUT2D eigenvalue weighted by molar-refractivity contribution is 0.102. The molecule has 114 valence electrons. The number of hydrogen-bond donors (Lipinski definition) is 2. The second-order valence-electron chi connectivity index (χ2n) is 5.87. The maximum atomic E-state index is 12.5. The van der Waals surface area contributed by atoms with Crippen LogP contribution in [0.4, 0.5) is 5.13 Å². The van der Waals surface area contributed by atoms with Gasteiger partial charge in [-0.05, 0) is 12.1 Å². The number of amides is 1. The number of fused-ring (bicyclic) bond motifs is 1. The minimum absolute atomic E-state index is 0.109. The molecule has 2 N–H and O–H groups in total. The van der Waals surface area contributed by atoms with Crippen LogP contribution in [0.2, 0.25) is 5.02 Å². The fourth-order valence-corrected chi connectivity index (χ4v) is 2.99. The fraction of sp³-hybridized carbons (Fsp3) is 0.286. The van der Waals surface area contributed by atoms with E-state index in [4.69, 9.17) is 11.6 Å². The first-order valence-corrected chi connectivity index (χ1v) is 7.82. The van der Waals surface area contributed by atoms with Gasteiger partial charge in [0, 0.05) is 10.8 Å². The Bertz CT molecular complexity index is 848. The van der Waals surface area contributed by atoms with Crippen LogP contribution >= 0.6 is 22.9 Å². The first-order chi connectivity index (χ1) is 10.4. The molecule has 0 bridgehead atoms. The predicted molar refractivity (Wildman–Crippen MR) is 87.7 cm³/mol. The van der Waals surface area contributed by atoms with Crippen molar-refractivity contribution in [2.45, 2.75) is 26.2 Å². The Hall–Kier alpha value is -1.99. The first-order valence-electron chi connectivity index (χ1n) is 6.63. The van der Waals surface area contributed by atoms with Crippen molar-refractivity contribution in [1.82, 2.24) is 20.4 Å². The van der Waals surface area contributed by atoms with Crippen molar-refractivity contribution >= 4 is 44.9 Å². The van der Waals surface area contributed by atoms with Gasteiger partial charge >= 0.3 is 0 Å². The summed E-state index contributed by atoms with van der Waals surface area (Å²) in [6.45, 7) is 6.13. The Labute approximate surface area is 135 Å². The van der Waals surface area contributed by atoms with Gasteiger partial charge in [0.2, 0.25) is 5.13 Å². The summed E-state index contributed by atoms with van der Waals surface area (Å²) >= 11 is 7.51. The van der Waals surface area contributed by atoms with Gasteiger partial charge in [0.05, 0.1) is 22.3 Å². The number of nitrogens with one attached hydrogen (secondary N) is 2. The second kappa shape index (κ2) is 5.33. The van der Waals surface area contributed by atoms with E-state index in [-0.39, 0.29) is 11.3 Å². The normalized spacial score (nSPS) is 11.8. The van der Waals surface area contributed by atoms with E-state index in [1.54, 1.807) is 18.3 Å². The van der Waals surface area contributed by atoms with E-state index < -0.39 is 0 Å². The number of aromatic amines is 1. The highest BCUT2D eigenvalue weighted by atomic mass is 35.5. The van der Waals surface area contributed by atoms with Crippen LogP contribution in [0.1, 0.15) is 36.1 Å². The number of nitrogens with zero attached hydrogens (tertiary/aromatic N) is 3. The molecule has 8 heteroatoms. The molecule has 0 unspecified atom stereocenters. The third-order valence-electron chi connectivity index (χ3n) is 3.08. The minimum atomic E-state index is -0.337. The van der Waals surface area contributed by atoms with Crippen LogP contribution in [0.3, 0.4) is 0 Å². The Morgan fingerprint density at radius 2 is 2.09 bits per heavy atom. The minimum Gasteiger partial charge on any atom is -0.296 e. The molecule has 2 aromatic heterocycles. The molecule has 0 saturated heterocycles. The first kappa shape index (κ1) is 14.9. The van der Waals surface area contributed by atoms with Gasteiger partial charge in [-0.2, -0.15) is 5.10 Å². The largest absolute Gasteiger partial charge is 0.296 e. The third-order valence-corrected chi connectivity index (χ3v) is 4.66. The topological polar surface area (TPSA) is 83.6 Å². The van der Waals surface area contributed by atoms with E-state index in [1.807, 2.05) is 20.8 Å². The van der Waals surface area contributed by atoms with Crippen LogP contribution < -0.4 is 5.32 Å². The average molecular weight is 336 g/mol. The quantitative estimate of drug-likeness (QED) is 0.749. The number of H-pyrrole nitrogens is 1. The lowest BCUT2D eigenvalue weighted by Gasteiger charge is -2.12. The molecule has 0 saturated carbocycles. The van der Waals surface area contributed by atoms with E-state index in [2.05, 4.69) is 25.7 Å². The molecule has 0 aliphatic rings. The van der Waals surface area contributed by atoms with Crippen molar-refractivity contribution in [2.24, 2.45) is 0 Å². The van der Waals surface area contributed by atoms with Crippen molar-refractivity contribution in [2.75, 3.05) is 5.32 Å². The highest BCUT2D eigenvalue weighted by Gasteiger charge is 2.22. The van der Waals surface area contributed by atoms with E-state index in [0.29, 0.717) is 21.2 Å². The summed E-state index contributed by atoms with van der Waals surface area (Å²) in [5.74, 6) is -0.337. The Kier molecular flexibility index (Phi) is 3.62. The van der Waals surface area contributed by atoms with Gasteiger partial charge in [0.15, 0.2) is 0 Å². The molecule has 0 fully saturated rings. The molecule has 0 spiro atoms. The van der Waals surface area contributed by atoms with Gasteiger partial charge in [0.1, 0.15) is 5.01 Å². The molecule has 3 aromatic rings. The maximum Gasteiger partial charge on any atom is 0.261 e. The van der Waals surface area contributed by atoms with Crippen LogP contribution in [0.15, 0.2) is 18.3 Å². The summed E-state index contributed by atoms with van der Waals surface area (Å²) in [5, 5.41) is 20.1. The van der Waals surface area contributed by atoms with Gasteiger partial charge in [-0.1, -0.05) is 43.7 Å². The smallest absolute Gasteiger partial charge is 0.261 e. The van der Waals surface area contributed by atoms with Crippen LogP contribution in [-0.2, 0) is 5.41 Å². The monoisotopic (exact) mass is 335 g/mol. The highest BCUT2D eigenvalue weighted by molar-refractivity contribution is 7.15. The van der Waals surface area contributed by atoms with Crippen LogP contribution in [0, 0.1) is 0 Å². The van der Waals surface area contributed by atoms with Crippen LogP contribution in [0.25, 0.3) is 10.9 Å².